The first-order valence-electron chi connectivity index (χ1n) is 6.77. The van der Waals surface area contributed by atoms with Gasteiger partial charge in [0.25, 0.3) is 6.43 Å². The third-order valence-corrected chi connectivity index (χ3v) is 3.42. The molecule has 6 heteroatoms. The minimum absolute atomic E-state index is 0.0732. The number of likely N-dealkylation sites (tertiary alicyclic amines) is 1. The molecule has 0 aliphatic carbocycles. The summed E-state index contributed by atoms with van der Waals surface area (Å²) in [6, 6.07) is 4.35. The molecule has 0 spiro atoms. The molecule has 0 bridgehead atoms. The predicted molar refractivity (Wildman–Crippen MR) is 74.7 cm³/mol. The van der Waals surface area contributed by atoms with Gasteiger partial charge in [-0.15, -0.1) is 0 Å². The topological polar surface area (TPSA) is 58.4 Å². The molecule has 0 aromatic heterocycles. The van der Waals surface area contributed by atoms with E-state index in [1.165, 1.54) is 12.1 Å². The van der Waals surface area contributed by atoms with E-state index in [1.807, 2.05) is 4.90 Å². The van der Waals surface area contributed by atoms with Crippen LogP contribution in [0.2, 0.25) is 0 Å². The van der Waals surface area contributed by atoms with Gasteiger partial charge in [-0.05, 0) is 31.0 Å². The lowest BCUT2D eigenvalue weighted by Crippen LogP contribution is -2.29. The summed E-state index contributed by atoms with van der Waals surface area (Å²) in [7, 11) is 0. The number of nitrogen functional groups attached to an aromatic ring is 1. The molecule has 1 aliphatic rings. The van der Waals surface area contributed by atoms with Crippen LogP contribution in [0.5, 0.6) is 0 Å². The van der Waals surface area contributed by atoms with Gasteiger partial charge in [0.05, 0.1) is 0 Å². The Hall–Kier alpha value is -1.85. The van der Waals surface area contributed by atoms with E-state index in [4.69, 9.17) is 5.73 Å². The molecule has 0 atom stereocenters. The maximum absolute atomic E-state index is 12.9. The second-order valence-electron chi connectivity index (χ2n) is 4.91. The van der Waals surface area contributed by atoms with E-state index in [-0.39, 0.29) is 11.5 Å². The van der Waals surface area contributed by atoms with Crippen LogP contribution in [0.3, 0.4) is 0 Å². The average Bonchev–Trinajstić information content (AvgIpc) is 2.94. The normalized spacial score (nSPS) is 14.8. The van der Waals surface area contributed by atoms with Crippen LogP contribution in [0, 0.1) is 0 Å². The molecule has 1 aromatic carbocycles. The molecule has 1 saturated heterocycles. The van der Waals surface area contributed by atoms with Crippen LogP contribution in [-0.2, 0) is 4.79 Å². The molecule has 0 saturated carbocycles. The van der Waals surface area contributed by atoms with Gasteiger partial charge in [-0.1, -0.05) is 0 Å². The van der Waals surface area contributed by atoms with E-state index in [0.29, 0.717) is 24.3 Å². The molecular weight excluding hydrogens is 264 g/mol. The van der Waals surface area contributed by atoms with Crippen LogP contribution in [-0.4, -0.2) is 30.4 Å². The summed E-state index contributed by atoms with van der Waals surface area (Å²) in [5.41, 5.74) is 6.02. The van der Waals surface area contributed by atoms with Crippen LogP contribution in [0.4, 0.5) is 20.2 Å². The number of hydrogen-bond donors (Lipinski definition) is 2. The number of halogens is 2. The van der Waals surface area contributed by atoms with Gasteiger partial charge in [-0.2, -0.15) is 0 Å². The smallest absolute Gasteiger partial charge is 0.265 e. The number of rotatable bonds is 5. The molecule has 1 aliphatic heterocycles. The largest absolute Gasteiger partial charge is 0.399 e. The minimum atomic E-state index is -2.59. The number of anilines is 2. The Labute approximate surface area is 116 Å². The van der Waals surface area contributed by atoms with Crippen LogP contribution < -0.4 is 11.1 Å². The van der Waals surface area contributed by atoms with E-state index in [2.05, 4.69) is 5.32 Å². The first kappa shape index (κ1) is 14.6. The molecule has 20 heavy (non-hydrogen) atoms. The van der Waals surface area contributed by atoms with Gasteiger partial charge < -0.3 is 16.0 Å². The third kappa shape index (κ3) is 3.59. The van der Waals surface area contributed by atoms with Crippen LogP contribution in [0.15, 0.2) is 18.2 Å². The summed E-state index contributed by atoms with van der Waals surface area (Å²) in [4.78, 5) is 13.6. The van der Waals surface area contributed by atoms with Crippen molar-refractivity contribution in [2.24, 2.45) is 0 Å². The molecule has 1 heterocycles. The fraction of sp³-hybridized carbons (Fsp3) is 0.500. The van der Waals surface area contributed by atoms with Gasteiger partial charge in [0.1, 0.15) is 0 Å². The Balaban J connectivity index is 1.89. The standard InChI is InChI=1S/C14H19F2N3O/c15-14(16)11-9-10(17)3-4-12(11)18-6-5-13(20)19-7-1-2-8-19/h3-4,9,14,18H,1-2,5-8,17H2. The fourth-order valence-electron chi connectivity index (χ4n) is 2.35. The summed E-state index contributed by atoms with van der Waals surface area (Å²) in [6.07, 6.45) is -0.179. The van der Waals surface area contributed by atoms with Crippen LogP contribution in [0.25, 0.3) is 0 Å². The Bertz CT molecular complexity index is 473. The first-order chi connectivity index (χ1) is 9.58. The summed E-state index contributed by atoms with van der Waals surface area (Å²) >= 11 is 0. The highest BCUT2D eigenvalue weighted by Gasteiger charge is 2.18. The predicted octanol–water partition coefficient (Wildman–Crippen LogP) is 2.63. The van der Waals surface area contributed by atoms with Gasteiger partial charge in [0, 0.05) is 43.0 Å². The maximum Gasteiger partial charge on any atom is 0.265 e. The quantitative estimate of drug-likeness (QED) is 0.817. The van der Waals surface area contributed by atoms with Crippen molar-refractivity contribution in [3.63, 3.8) is 0 Å². The average molecular weight is 283 g/mol. The molecule has 1 amide bonds. The van der Waals surface area contributed by atoms with Gasteiger partial charge in [0.15, 0.2) is 0 Å². The Kier molecular flexibility index (Phi) is 4.76. The molecule has 1 aromatic rings. The summed E-state index contributed by atoms with van der Waals surface area (Å²) in [5.74, 6) is 0.0732. The van der Waals surface area contributed by atoms with Crippen molar-refractivity contribution in [3.05, 3.63) is 23.8 Å². The number of carbonyl (C=O) groups excluding carboxylic acids is 1. The first-order valence-corrected chi connectivity index (χ1v) is 6.77. The molecular formula is C14H19F2N3O. The Morgan fingerprint density at radius 2 is 2.05 bits per heavy atom. The SMILES string of the molecule is Nc1ccc(NCCC(=O)N2CCCC2)c(C(F)F)c1. The molecule has 1 fully saturated rings. The zero-order chi connectivity index (χ0) is 14.5. The molecule has 0 radical (unpaired) electrons. The number of nitrogens with one attached hydrogen (secondary N) is 1. The van der Waals surface area contributed by atoms with Crippen molar-refractivity contribution in [2.75, 3.05) is 30.7 Å². The highest BCUT2D eigenvalue weighted by molar-refractivity contribution is 5.77. The number of amides is 1. The fourth-order valence-corrected chi connectivity index (χ4v) is 2.35. The van der Waals surface area contributed by atoms with E-state index in [9.17, 15) is 13.6 Å². The van der Waals surface area contributed by atoms with E-state index >= 15 is 0 Å². The molecule has 3 N–H and O–H groups in total. The lowest BCUT2D eigenvalue weighted by atomic mass is 10.1. The Morgan fingerprint density at radius 3 is 2.70 bits per heavy atom. The van der Waals surface area contributed by atoms with Crippen molar-refractivity contribution < 1.29 is 13.6 Å². The van der Waals surface area contributed by atoms with Gasteiger partial charge in [0.2, 0.25) is 5.91 Å². The lowest BCUT2D eigenvalue weighted by Gasteiger charge is -2.16. The van der Waals surface area contributed by atoms with E-state index in [1.54, 1.807) is 6.07 Å². The van der Waals surface area contributed by atoms with Crippen molar-refractivity contribution in [1.29, 1.82) is 0 Å². The minimum Gasteiger partial charge on any atom is -0.399 e. The number of nitrogens with two attached hydrogens (primary N) is 1. The van der Waals surface area contributed by atoms with Crippen molar-refractivity contribution in [3.8, 4) is 0 Å². The molecule has 4 nitrogen and oxygen atoms in total. The summed E-state index contributed by atoms with van der Waals surface area (Å²) < 4.78 is 25.7. The van der Waals surface area contributed by atoms with Crippen molar-refractivity contribution >= 4 is 17.3 Å². The summed E-state index contributed by atoms with van der Waals surface area (Å²) in [6.45, 7) is 1.96. The van der Waals surface area contributed by atoms with Crippen molar-refractivity contribution in [1.82, 2.24) is 4.90 Å². The third-order valence-electron chi connectivity index (χ3n) is 3.42. The number of benzene rings is 1. The monoisotopic (exact) mass is 283 g/mol. The maximum atomic E-state index is 12.9. The Morgan fingerprint density at radius 1 is 1.35 bits per heavy atom. The zero-order valence-electron chi connectivity index (χ0n) is 11.2. The number of carbonyl (C=O) groups is 1. The highest BCUT2D eigenvalue weighted by atomic mass is 19.3. The molecule has 2 rings (SSSR count). The van der Waals surface area contributed by atoms with Gasteiger partial charge in [-0.25, -0.2) is 8.78 Å². The summed E-state index contributed by atoms with van der Waals surface area (Å²) in [5, 5.41) is 2.89. The van der Waals surface area contributed by atoms with Crippen molar-refractivity contribution in [2.45, 2.75) is 25.7 Å². The number of hydrogen-bond acceptors (Lipinski definition) is 3. The number of alkyl halides is 2. The van der Waals surface area contributed by atoms with E-state index in [0.717, 1.165) is 25.9 Å². The van der Waals surface area contributed by atoms with Gasteiger partial charge >= 0.3 is 0 Å². The second kappa shape index (κ2) is 6.54. The molecule has 0 unspecified atom stereocenters. The van der Waals surface area contributed by atoms with Crippen LogP contribution in [0.1, 0.15) is 31.3 Å². The molecule has 110 valence electrons. The zero-order valence-corrected chi connectivity index (χ0v) is 11.2. The second-order valence-corrected chi connectivity index (χ2v) is 4.91. The van der Waals surface area contributed by atoms with E-state index < -0.39 is 6.43 Å². The lowest BCUT2D eigenvalue weighted by molar-refractivity contribution is -0.129. The van der Waals surface area contributed by atoms with Gasteiger partial charge in [-0.3, -0.25) is 4.79 Å². The number of nitrogens with zero attached hydrogens (tertiary/aromatic N) is 1. The highest BCUT2D eigenvalue weighted by Crippen LogP contribution is 2.28. The van der Waals surface area contributed by atoms with Crippen LogP contribution >= 0.6 is 0 Å².